The van der Waals surface area contributed by atoms with Gasteiger partial charge in [-0.1, -0.05) is 13.8 Å². The second-order valence-corrected chi connectivity index (χ2v) is 3.24. The van der Waals surface area contributed by atoms with Crippen LogP contribution in [-0.4, -0.2) is 18.5 Å². The van der Waals surface area contributed by atoms with Gasteiger partial charge in [0.05, 0.1) is 6.04 Å². The van der Waals surface area contributed by atoms with Crippen molar-refractivity contribution in [1.29, 1.82) is 0 Å². The molecular formula is C10H18N2O. The van der Waals surface area contributed by atoms with Crippen molar-refractivity contribution in [2.75, 3.05) is 6.54 Å². The minimum absolute atomic E-state index is 0.0899. The molecule has 0 aliphatic rings. The van der Waals surface area contributed by atoms with Gasteiger partial charge < -0.3 is 11.1 Å². The lowest BCUT2D eigenvalue weighted by molar-refractivity contribution is -0.123. The molecule has 0 saturated heterocycles. The van der Waals surface area contributed by atoms with E-state index in [1.807, 2.05) is 13.8 Å². The smallest absolute Gasteiger partial charge is 0.237 e. The third kappa shape index (κ3) is 5.26. The first kappa shape index (κ1) is 12.0. The third-order valence-electron chi connectivity index (χ3n) is 1.75. The minimum Gasteiger partial charge on any atom is -0.354 e. The van der Waals surface area contributed by atoms with Gasteiger partial charge in [-0.3, -0.25) is 4.79 Å². The Labute approximate surface area is 80.1 Å². The Kier molecular flexibility index (Phi) is 5.99. The molecule has 0 spiro atoms. The van der Waals surface area contributed by atoms with E-state index in [1.165, 1.54) is 0 Å². The van der Waals surface area contributed by atoms with Gasteiger partial charge in [-0.2, -0.15) is 0 Å². The normalized spacial score (nSPS) is 11.8. The molecule has 0 rings (SSSR count). The van der Waals surface area contributed by atoms with Crippen molar-refractivity contribution in [2.45, 2.75) is 33.2 Å². The standard InChI is InChI=1S/C10H18N2O/c1-4-5-6-7-12-10(13)9(11)8(2)3/h8-9H,6-7,11H2,1-3H3,(H,12,13). The monoisotopic (exact) mass is 182 g/mol. The minimum atomic E-state index is -0.408. The summed E-state index contributed by atoms with van der Waals surface area (Å²) < 4.78 is 0. The highest BCUT2D eigenvalue weighted by Gasteiger charge is 2.15. The van der Waals surface area contributed by atoms with Crippen molar-refractivity contribution in [3.05, 3.63) is 0 Å². The Morgan fingerprint density at radius 1 is 1.54 bits per heavy atom. The molecule has 3 heteroatoms. The summed E-state index contributed by atoms with van der Waals surface area (Å²) in [7, 11) is 0. The number of rotatable bonds is 4. The molecule has 0 heterocycles. The van der Waals surface area contributed by atoms with Crippen LogP contribution >= 0.6 is 0 Å². The van der Waals surface area contributed by atoms with Crippen LogP contribution < -0.4 is 11.1 Å². The molecular weight excluding hydrogens is 164 g/mol. The molecule has 74 valence electrons. The zero-order valence-corrected chi connectivity index (χ0v) is 8.55. The van der Waals surface area contributed by atoms with E-state index in [9.17, 15) is 4.79 Å². The topological polar surface area (TPSA) is 55.1 Å². The van der Waals surface area contributed by atoms with Crippen LogP contribution in [0.1, 0.15) is 27.2 Å². The summed E-state index contributed by atoms with van der Waals surface area (Å²) >= 11 is 0. The Balaban J connectivity index is 3.66. The van der Waals surface area contributed by atoms with Gasteiger partial charge in [-0.25, -0.2) is 0 Å². The SMILES string of the molecule is CC#CCCNC(=O)C(N)C(C)C. The number of hydrogen-bond acceptors (Lipinski definition) is 2. The number of nitrogens with one attached hydrogen (secondary N) is 1. The molecule has 0 fully saturated rings. The molecule has 0 radical (unpaired) electrons. The quantitative estimate of drug-likeness (QED) is 0.491. The van der Waals surface area contributed by atoms with Gasteiger partial charge in [0.1, 0.15) is 0 Å². The van der Waals surface area contributed by atoms with Crippen LogP contribution in [0, 0.1) is 17.8 Å². The predicted octanol–water partition coefficient (Wildman–Crippen LogP) is 0.499. The number of nitrogens with two attached hydrogens (primary N) is 1. The molecule has 3 N–H and O–H groups in total. The van der Waals surface area contributed by atoms with Crippen LogP contribution in [0.2, 0.25) is 0 Å². The van der Waals surface area contributed by atoms with Gasteiger partial charge in [0, 0.05) is 13.0 Å². The van der Waals surface area contributed by atoms with Crippen molar-refractivity contribution in [3.63, 3.8) is 0 Å². The van der Waals surface area contributed by atoms with E-state index < -0.39 is 6.04 Å². The van der Waals surface area contributed by atoms with E-state index >= 15 is 0 Å². The fraction of sp³-hybridized carbons (Fsp3) is 0.700. The van der Waals surface area contributed by atoms with Gasteiger partial charge >= 0.3 is 0 Å². The molecule has 1 amide bonds. The fourth-order valence-corrected chi connectivity index (χ4v) is 0.794. The van der Waals surface area contributed by atoms with E-state index in [0.717, 1.165) is 0 Å². The number of amides is 1. The molecule has 0 aromatic heterocycles. The summed E-state index contributed by atoms with van der Waals surface area (Å²) in [5.41, 5.74) is 5.63. The molecule has 1 atom stereocenters. The molecule has 0 bridgehead atoms. The van der Waals surface area contributed by atoms with Gasteiger partial charge in [0.2, 0.25) is 5.91 Å². The van der Waals surface area contributed by atoms with Crippen LogP contribution in [0.25, 0.3) is 0 Å². The highest BCUT2D eigenvalue weighted by molar-refractivity contribution is 5.81. The lowest BCUT2D eigenvalue weighted by atomic mass is 10.1. The van der Waals surface area contributed by atoms with Crippen molar-refractivity contribution >= 4 is 5.91 Å². The first-order valence-electron chi connectivity index (χ1n) is 4.52. The number of carbonyl (C=O) groups excluding carboxylic acids is 1. The summed E-state index contributed by atoms with van der Waals surface area (Å²) in [5, 5.41) is 2.73. The Hall–Kier alpha value is -1.01. The largest absolute Gasteiger partial charge is 0.354 e. The van der Waals surface area contributed by atoms with Gasteiger partial charge in [0.25, 0.3) is 0 Å². The van der Waals surface area contributed by atoms with Gasteiger partial charge in [-0.05, 0) is 12.8 Å². The number of carbonyl (C=O) groups is 1. The highest BCUT2D eigenvalue weighted by atomic mass is 16.2. The summed E-state index contributed by atoms with van der Waals surface area (Å²) in [6.07, 6.45) is 0.688. The van der Waals surface area contributed by atoms with E-state index in [4.69, 9.17) is 5.73 Å². The molecule has 0 aliphatic heterocycles. The molecule has 0 aromatic rings. The fourth-order valence-electron chi connectivity index (χ4n) is 0.794. The molecule has 13 heavy (non-hydrogen) atoms. The summed E-state index contributed by atoms with van der Waals surface area (Å²) in [5.74, 6) is 5.72. The molecule has 1 unspecified atom stereocenters. The second kappa shape index (κ2) is 6.50. The summed E-state index contributed by atoms with van der Waals surface area (Å²) in [4.78, 5) is 11.3. The molecule has 3 nitrogen and oxygen atoms in total. The van der Waals surface area contributed by atoms with Crippen LogP contribution in [0.15, 0.2) is 0 Å². The molecule has 0 saturated carbocycles. The van der Waals surface area contributed by atoms with Gasteiger partial charge in [-0.15, -0.1) is 11.8 Å². The van der Waals surface area contributed by atoms with Crippen molar-refractivity contribution in [2.24, 2.45) is 11.7 Å². The van der Waals surface area contributed by atoms with E-state index in [-0.39, 0.29) is 11.8 Å². The average Bonchev–Trinajstić information content (AvgIpc) is 2.10. The lowest BCUT2D eigenvalue weighted by Crippen LogP contribution is -2.44. The van der Waals surface area contributed by atoms with E-state index in [2.05, 4.69) is 17.2 Å². The molecule has 0 aromatic carbocycles. The highest BCUT2D eigenvalue weighted by Crippen LogP contribution is 1.97. The lowest BCUT2D eigenvalue weighted by Gasteiger charge is -2.14. The van der Waals surface area contributed by atoms with Crippen molar-refractivity contribution < 1.29 is 4.79 Å². The summed E-state index contributed by atoms with van der Waals surface area (Å²) in [6, 6.07) is -0.408. The zero-order valence-electron chi connectivity index (χ0n) is 8.55. The maximum Gasteiger partial charge on any atom is 0.237 e. The number of hydrogen-bond donors (Lipinski definition) is 2. The maximum atomic E-state index is 11.3. The predicted molar refractivity (Wildman–Crippen MR) is 53.9 cm³/mol. The first-order valence-corrected chi connectivity index (χ1v) is 4.52. The first-order chi connectivity index (χ1) is 6.09. The summed E-state index contributed by atoms with van der Waals surface area (Å²) in [6.45, 7) is 6.22. The Morgan fingerprint density at radius 3 is 2.62 bits per heavy atom. The van der Waals surface area contributed by atoms with Crippen molar-refractivity contribution in [1.82, 2.24) is 5.32 Å². The van der Waals surface area contributed by atoms with Crippen LogP contribution in [0.4, 0.5) is 0 Å². The van der Waals surface area contributed by atoms with Crippen LogP contribution in [-0.2, 0) is 4.79 Å². The Bertz CT molecular complexity index is 213. The second-order valence-electron chi connectivity index (χ2n) is 3.24. The Morgan fingerprint density at radius 2 is 2.15 bits per heavy atom. The zero-order chi connectivity index (χ0) is 10.3. The van der Waals surface area contributed by atoms with Crippen molar-refractivity contribution in [3.8, 4) is 11.8 Å². The van der Waals surface area contributed by atoms with Crippen LogP contribution in [0.3, 0.4) is 0 Å². The van der Waals surface area contributed by atoms with Crippen LogP contribution in [0.5, 0.6) is 0 Å². The molecule has 0 aliphatic carbocycles. The van der Waals surface area contributed by atoms with E-state index in [0.29, 0.717) is 13.0 Å². The average molecular weight is 182 g/mol. The van der Waals surface area contributed by atoms with Gasteiger partial charge in [0.15, 0.2) is 0 Å². The maximum absolute atomic E-state index is 11.3. The third-order valence-corrected chi connectivity index (χ3v) is 1.75. The van der Waals surface area contributed by atoms with E-state index in [1.54, 1.807) is 6.92 Å².